The van der Waals surface area contributed by atoms with E-state index >= 15 is 0 Å². The number of hydrogen-bond acceptors (Lipinski definition) is 4. The van der Waals surface area contributed by atoms with Gasteiger partial charge in [-0.1, -0.05) is 24.3 Å². The summed E-state index contributed by atoms with van der Waals surface area (Å²) in [6, 6.07) is 12.3. The van der Waals surface area contributed by atoms with Crippen LogP contribution in [0.5, 0.6) is 5.75 Å². The molecule has 0 unspecified atom stereocenters. The van der Waals surface area contributed by atoms with Gasteiger partial charge < -0.3 is 15.0 Å². The van der Waals surface area contributed by atoms with Gasteiger partial charge in [-0.05, 0) is 50.1 Å². The van der Waals surface area contributed by atoms with Crippen LogP contribution in [-0.4, -0.2) is 42.7 Å². The average molecular weight is 368 g/mol. The van der Waals surface area contributed by atoms with Crippen LogP contribution in [-0.2, 0) is 9.59 Å². The van der Waals surface area contributed by atoms with E-state index in [1.165, 1.54) is 11.8 Å². The van der Waals surface area contributed by atoms with E-state index in [0.29, 0.717) is 11.3 Å². The standard InChI is InChI=1S/C21H24N2O4/c1-14-7-5-10-19(15(14)2)22-20(25)12-23(4)21(26)13-27-18-9-6-8-17(11-18)16(3)24/h5-11H,12-13H2,1-4H3,(H,22,25). The summed E-state index contributed by atoms with van der Waals surface area (Å²) >= 11 is 0. The van der Waals surface area contributed by atoms with Crippen LogP contribution >= 0.6 is 0 Å². The van der Waals surface area contributed by atoms with Crippen molar-refractivity contribution in [1.82, 2.24) is 4.90 Å². The number of rotatable bonds is 7. The number of benzene rings is 2. The van der Waals surface area contributed by atoms with E-state index in [2.05, 4.69) is 5.32 Å². The number of nitrogens with one attached hydrogen (secondary N) is 1. The van der Waals surface area contributed by atoms with Crippen molar-refractivity contribution in [2.24, 2.45) is 0 Å². The summed E-state index contributed by atoms with van der Waals surface area (Å²) in [6.45, 7) is 5.08. The molecule has 0 aromatic heterocycles. The first-order valence-corrected chi connectivity index (χ1v) is 8.61. The van der Waals surface area contributed by atoms with E-state index in [0.717, 1.165) is 16.8 Å². The molecule has 2 aromatic carbocycles. The number of ether oxygens (including phenoxy) is 1. The van der Waals surface area contributed by atoms with Crippen LogP contribution in [0.4, 0.5) is 5.69 Å². The lowest BCUT2D eigenvalue weighted by atomic mass is 10.1. The summed E-state index contributed by atoms with van der Waals surface area (Å²) < 4.78 is 5.44. The fourth-order valence-electron chi connectivity index (χ4n) is 2.44. The second-order valence-electron chi connectivity index (χ2n) is 6.42. The first-order chi connectivity index (χ1) is 12.8. The second-order valence-corrected chi connectivity index (χ2v) is 6.42. The van der Waals surface area contributed by atoms with Gasteiger partial charge >= 0.3 is 0 Å². The third-order valence-electron chi connectivity index (χ3n) is 4.29. The van der Waals surface area contributed by atoms with Gasteiger partial charge in [-0.2, -0.15) is 0 Å². The summed E-state index contributed by atoms with van der Waals surface area (Å²) in [6.07, 6.45) is 0. The second kappa shape index (κ2) is 8.98. The zero-order chi connectivity index (χ0) is 20.0. The molecule has 2 rings (SSSR count). The number of likely N-dealkylation sites (N-methyl/N-ethyl adjacent to an activating group) is 1. The van der Waals surface area contributed by atoms with Crippen LogP contribution in [0, 0.1) is 13.8 Å². The molecule has 0 spiro atoms. The Labute approximate surface area is 159 Å². The highest BCUT2D eigenvalue weighted by Gasteiger charge is 2.15. The first kappa shape index (κ1) is 20.2. The molecule has 6 nitrogen and oxygen atoms in total. The maximum Gasteiger partial charge on any atom is 0.260 e. The number of carbonyl (C=O) groups is 3. The van der Waals surface area contributed by atoms with E-state index in [1.807, 2.05) is 32.0 Å². The quantitative estimate of drug-likeness (QED) is 0.763. The minimum Gasteiger partial charge on any atom is -0.484 e. The molecule has 0 aliphatic heterocycles. The van der Waals surface area contributed by atoms with Gasteiger partial charge in [0.15, 0.2) is 12.4 Å². The summed E-state index contributed by atoms with van der Waals surface area (Å²) in [5.41, 5.74) is 3.33. The molecule has 0 saturated heterocycles. The van der Waals surface area contributed by atoms with Crippen molar-refractivity contribution < 1.29 is 19.1 Å². The number of hydrogen-bond donors (Lipinski definition) is 1. The first-order valence-electron chi connectivity index (χ1n) is 8.61. The Kier molecular flexibility index (Phi) is 6.71. The van der Waals surface area contributed by atoms with Crippen LogP contribution in [0.1, 0.15) is 28.4 Å². The zero-order valence-electron chi connectivity index (χ0n) is 16.0. The molecule has 0 aliphatic rings. The Morgan fingerprint density at radius 1 is 1.07 bits per heavy atom. The minimum absolute atomic E-state index is 0.0768. The van der Waals surface area contributed by atoms with Crippen LogP contribution in [0.25, 0.3) is 0 Å². The van der Waals surface area contributed by atoms with E-state index in [9.17, 15) is 14.4 Å². The number of nitrogens with zero attached hydrogens (tertiary/aromatic N) is 1. The van der Waals surface area contributed by atoms with Crippen molar-refractivity contribution in [3.63, 3.8) is 0 Å². The van der Waals surface area contributed by atoms with Gasteiger partial charge in [0, 0.05) is 18.3 Å². The summed E-state index contributed by atoms with van der Waals surface area (Å²) in [5, 5.41) is 2.82. The minimum atomic E-state index is -0.334. The van der Waals surface area contributed by atoms with Crippen LogP contribution in [0.2, 0.25) is 0 Å². The van der Waals surface area contributed by atoms with Crippen molar-refractivity contribution in [2.75, 3.05) is 25.5 Å². The van der Waals surface area contributed by atoms with Gasteiger partial charge in [0.2, 0.25) is 5.91 Å². The van der Waals surface area contributed by atoms with Gasteiger partial charge in [0.05, 0.1) is 6.54 Å². The molecule has 27 heavy (non-hydrogen) atoms. The van der Waals surface area contributed by atoms with Gasteiger partial charge in [-0.15, -0.1) is 0 Å². The van der Waals surface area contributed by atoms with Gasteiger partial charge in [-0.25, -0.2) is 0 Å². The van der Waals surface area contributed by atoms with Gasteiger partial charge in [0.25, 0.3) is 5.91 Å². The normalized spacial score (nSPS) is 10.2. The Morgan fingerprint density at radius 3 is 2.48 bits per heavy atom. The van der Waals surface area contributed by atoms with Crippen molar-refractivity contribution in [3.05, 3.63) is 59.2 Å². The number of amides is 2. The van der Waals surface area contributed by atoms with E-state index in [-0.39, 0.29) is 30.7 Å². The third-order valence-corrected chi connectivity index (χ3v) is 4.29. The molecule has 0 bridgehead atoms. The molecule has 0 saturated carbocycles. The number of carbonyl (C=O) groups excluding carboxylic acids is 3. The highest BCUT2D eigenvalue weighted by atomic mass is 16.5. The molecule has 0 heterocycles. The summed E-state index contributed by atoms with van der Waals surface area (Å²) in [7, 11) is 1.54. The van der Waals surface area contributed by atoms with Crippen LogP contribution < -0.4 is 10.1 Å². The lowest BCUT2D eigenvalue weighted by Gasteiger charge is -2.18. The number of anilines is 1. The van der Waals surface area contributed by atoms with E-state index < -0.39 is 0 Å². The van der Waals surface area contributed by atoms with Crippen molar-refractivity contribution in [2.45, 2.75) is 20.8 Å². The highest BCUT2D eigenvalue weighted by Crippen LogP contribution is 2.18. The SMILES string of the molecule is CC(=O)c1cccc(OCC(=O)N(C)CC(=O)Nc2cccc(C)c2C)c1. The maximum absolute atomic E-state index is 12.2. The number of aryl methyl sites for hydroxylation is 1. The maximum atomic E-state index is 12.2. The molecule has 0 fully saturated rings. The molecule has 2 amide bonds. The Morgan fingerprint density at radius 2 is 1.78 bits per heavy atom. The smallest absolute Gasteiger partial charge is 0.260 e. The Bertz CT molecular complexity index is 861. The highest BCUT2D eigenvalue weighted by molar-refractivity contribution is 5.95. The van der Waals surface area contributed by atoms with Crippen molar-refractivity contribution in [3.8, 4) is 5.75 Å². The monoisotopic (exact) mass is 368 g/mol. The lowest BCUT2D eigenvalue weighted by molar-refractivity contribution is -0.135. The average Bonchev–Trinajstić information content (AvgIpc) is 2.63. The molecule has 6 heteroatoms. The molecule has 2 aromatic rings. The summed E-state index contributed by atoms with van der Waals surface area (Å²) in [5.74, 6) is -0.256. The predicted octanol–water partition coefficient (Wildman–Crippen LogP) is 2.98. The Hall–Kier alpha value is -3.15. The largest absolute Gasteiger partial charge is 0.484 e. The predicted molar refractivity (Wildman–Crippen MR) is 104 cm³/mol. The Balaban J connectivity index is 1.88. The van der Waals surface area contributed by atoms with E-state index in [1.54, 1.807) is 31.3 Å². The van der Waals surface area contributed by atoms with Crippen molar-refractivity contribution in [1.29, 1.82) is 0 Å². The third kappa shape index (κ3) is 5.67. The molecular weight excluding hydrogens is 344 g/mol. The topological polar surface area (TPSA) is 75.7 Å². The van der Waals surface area contributed by atoms with Gasteiger partial charge in [0.1, 0.15) is 5.75 Å². The van der Waals surface area contributed by atoms with E-state index in [4.69, 9.17) is 4.74 Å². The fraction of sp³-hybridized carbons (Fsp3) is 0.286. The van der Waals surface area contributed by atoms with Gasteiger partial charge in [-0.3, -0.25) is 14.4 Å². The fourth-order valence-corrected chi connectivity index (χ4v) is 2.44. The molecule has 0 radical (unpaired) electrons. The van der Waals surface area contributed by atoms with Crippen molar-refractivity contribution >= 4 is 23.3 Å². The molecular formula is C21H24N2O4. The molecule has 142 valence electrons. The zero-order valence-corrected chi connectivity index (χ0v) is 16.0. The van der Waals surface area contributed by atoms with Crippen LogP contribution in [0.3, 0.4) is 0 Å². The summed E-state index contributed by atoms with van der Waals surface area (Å²) in [4.78, 5) is 37.1. The molecule has 1 N–H and O–H groups in total. The lowest BCUT2D eigenvalue weighted by Crippen LogP contribution is -2.37. The van der Waals surface area contributed by atoms with Crippen LogP contribution in [0.15, 0.2) is 42.5 Å². The molecule has 0 aliphatic carbocycles. The number of Topliss-reactive ketones (excluding diaryl/α,β-unsaturated/α-hetero) is 1. The number of ketones is 1. The molecule has 0 atom stereocenters.